The van der Waals surface area contributed by atoms with Crippen LogP contribution in [0.1, 0.15) is 30.9 Å². The summed E-state index contributed by atoms with van der Waals surface area (Å²) in [5.41, 5.74) is 0.963. The number of amides is 1. The van der Waals surface area contributed by atoms with E-state index in [1.807, 2.05) is 61.5 Å². The molecule has 162 valence electrons. The van der Waals surface area contributed by atoms with Crippen LogP contribution in [-0.4, -0.2) is 59.0 Å². The van der Waals surface area contributed by atoms with E-state index in [0.717, 1.165) is 16.9 Å². The number of aliphatic hydroxyl groups excluding tert-OH is 1. The van der Waals surface area contributed by atoms with Crippen molar-refractivity contribution in [2.75, 3.05) is 26.2 Å². The monoisotopic (exact) mass is 412 g/mol. The number of β-amino-alcohol motifs (C(OH)–C–C–N with tert-alkyl or cyclic N) is 1. The molecule has 6 nitrogen and oxygen atoms in total. The van der Waals surface area contributed by atoms with Crippen LogP contribution in [0.15, 0.2) is 54.6 Å². The minimum atomic E-state index is -1.23. The van der Waals surface area contributed by atoms with E-state index in [1.165, 1.54) is 0 Å². The second-order valence-electron chi connectivity index (χ2n) is 7.88. The molecule has 3 rings (SSSR count). The normalized spacial score (nSPS) is 21.4. The first kappa shape index (κ1) is 22.3. The van der Waals surface area contributed by atoms with Crippen LogP contribution in [0.5, 0.6) is 5.75 Å². The number of piperidine rings is 1. The van der Waals surface area contributed by atoms with Gasteiger partial charge in [-0.25, -0.2) is 0 Å². The first-order valence-electron chi connectivity index (χ1n) is 10.6. The van der Waals surface area contributed by atoms with Crippen molar-refractivity contribution in [2.24, 2.45) is 0 Å². The molecule has 0 unspecified atom stereocenters. The van der Waals surface area contributed by atoms with E-state index in [1.54, 1.807) is 4.90 Å². The highest BCUT2D eigenvalue weighted by molar-refractivity contribution is 5.76. The number of aliphatic hydroxyl groups is 2. The molecule has 0 radical (unpaired) electrons. The number of rotatable bonds is 9. The molecule has 0 aliphatic carbocycles. The number of benzene rings is 2. The van der Waals surface area contributed by atoms with E-state index >= 15 is 0 Å². The summed E-state index contributed by atoms with van der Waals surface area (Å²) in [6, 6.07) is 17.7. The van der Waals surface area contributed by atoms with Gasteiger partial charge in [-0.15, -0.1) is 0 Å². The third-order valence-electron chi connectivity index (χ3n) is 5.65. The van der Waals surface area contributed by atoms with Crippen LogP contribution in [0.3, 0.4) is 0 Å². The van der Waals surface area contributed by atoms with Crippen LogP contribution in [-0.2, 0) is 17.8 Å². The van der Waals surface area contributed by atoms with Gasteiger partial charge in [0, 0.05) is 32.6 Å². The SMILES string of the molecule is CCOc1ccc(CNC[C@@]2(O)CCN(C(=O)CCc3ccccc3)C[C@@H]2O)cc1. The van der Waals surface area contributed by atoms with Crippen molar-refractivity contribution in [3.8, 4) is 5.75 Å². The maximum atomic E-state index is 12.5. The summed E-state index contributed by atoms with van der Waals surface area (Å²) >= 11 is 0. The molecule has 6 heteroatoms. The van der Waals surface area contributed by atoms with Crippen molar-refractivity contribution in [2.45, 2.75) is 44.4 Å². The van der Waals surface area contributed by atoms with Crippen LogP contribution < -0.4 is 10.1 Å². The maximum Gasteiger partial charge on any atom is 0.222 e. The van der Waals surface area contributed by atoms with Gasteiger partial charge in [0.1, 0.15) is 17.5 Å². The van der Waals surface area contributed by atoms with Gasteiger partial charge in [-0.3, -0.25) is 4.79 Å². The predicted molar refractivity (Wildman–Crippen MR) is 116 cm³/mol. The highest BCUT2D eigenvalue weighted by Gasteiger charge is 2.41. The third kappa shape index (κ3) is 6.05. The summed E-state index contributed by atoms with van der Waals surface area (Å²) in [7, 11) is 0. The Morgan fingerprint density at radius 2 is 1.90 bits per heavy atom. The molecule has 30 heavy (non-hydrogen) atoms. The fourth-order valence-electron chi connectivity index (χ4n) is 3.75. The Kier molecular flexibility index (Phi) is 7.85. The number of carbonyl (C=O) groups excluding carboxylic acids is 1. The van der Waals surface area contributed by atoms with Crippen molar-refractivity contribution in [1.82, 2.24) is 10.2 Å². The minimum Gasteiger partial charge on any atom is -0.494 e. The van der Waals surface area contributed by atoms with E-state index in [4.69, 9.17) is 4.74 Å². The molecule has 1 amide bonds. The first-order chi connectivity index (χ1) is 14.5. The predicted octanol–water partition coefficient (Wildman–Crippen LogP) is 2.13. The zero-order valence-electron chi connectivity index (χ0n) is 17.6. The van der Waals surface area contributed by atoms with Crippen molar-refractivity contribution in [3.63, 3.8) is 0 Å². The van der Waals surface area contributed by atoms with E-state index in [9.17, 15) is 15.0 Å². The van der Waals surface area contributed by atoms with Gasteiger partial charge in [0.05, 0.1) is 6.61 Å². The summed E-state index contributed by atoms with van der Waals surface area (Å²) in [6.07, 6.45) is 0.465. The second-order valence-corrected chi connectivity index (χ2v) is 7.88. The van der Waals surface area contributed by atoms with E-state index < -0.39 is 11.7 Å². The molecular formula is C24H32N2O4. The van der Waals surface area contributed by atoms with Crippen LogP contribution in [0.2, 0.25) is 0 Å². The lowest BCUT2D eigenvalue weighted by Crippen LogP contribution is -2.60. The van der Waals surface area contributed by atoms with Gasteiger partial charge >= 0.3 is 0 Å². The molecule has 0 bridgehead atoms. The maximum absolute atomic E-state index is 12.5. The van der Waals surface area contributed by atoms with E-state index in [-0.39, 0.29) is 19.0 Å². The Morgan fingerprint density at radius 3 is 2.57 bits per heavy atom. The number of nitrogens with one attached hydrogen (secondary N) is 1. The Morgan fingerprint density at radius 1 is 1.17 bits per heavy atom. The standard InChI is InChI=1S/C24H32N2O4/c1-2-30-21-11-8-20(9-12-21)16-25-18-24(29)14-15-26(17-22(24)27)23(28)13-10-19-6-4-3-5-7-19/h3-9,11-12,22,25,27,29H,2,10,13-18H2,1H3/t22-,24-/m0/s1. The molecule has 1 saturated heterocycles. The van der Waals surface area contributed by atoms with Crippen LogP contribution >= 0.6 is 0 Å². The number of nitrogens with zero attached hydrogens (tertiary/aromatic N) is 1. The van der Waals surface area contributed by atoms with Crippen LogP contribution in [0.25, 0.3) is 0 Å². The topological polar surface area (TPSA) is 82.0 Å². The number of likely N-dealkylation sites (tertiary alicyclic amines) is 1. The molecule has 2 atom stereocenters. The van der Waals surface area contributed by atoms with Gasteiger partial charge in [0.15, 0.2) is 0 Å². The lowest BCUT2D eigenvalue weighted by Gasteiger charge is -2.42. The van der Waals surface area contributed by atoms with Crippen molar-refractivity contribution < 1.29 is 19.7 Å². The van der Waals surface area contributed by atoms with Crippen LogP contribution in [0, 0.1) is 0 Å². The molecule has 1 heterocycles. The lowest BCUT2D eigenvalue weighted by atomic mass is 9.88. The smallest absolute Gasteiger partial charge is 0.222 e. The van der Waals surface area contributed by atoms with Gasteiger partial charge in [0.2, 0.25) is 5.91 Å². The van der Waals surface area contributed by atoms with Gasteiger partial charge in [-0.1, -0.05) is 42.5 Å². The van der Waals surface area contributed by atoms with Gasteiger partial charge in [-0.2, -0.15) is 0 Å². The van der Waals surface area contributed by atoms with Crippen molar-refractivity contribution >= 4 is 5.91 Å². The highest BCUT2D eigenvalue weighted by atomic mass is 16.5. The molecule has 0 saturated carbocycles. The fraction of sp³-hybridized carbons (Fsp3) is 0.458. The zero-order chi connectivity index (χ0) is 21.4. The molecule has 0 spiro atoms. The number of hydrogen-bond donors (Lipinski definition) is 3. The van der Waals surface area contributed by atoms with Gasteiger partial charge in [0.25, 0.3) is 0 Å². The fourth-order valence-corrected chi connectivity index (χ4v) is 3.75. The number of hydrogen-bond acceptors (Lipinski definition) is 5. The summed E-state index contributed by atoms with van der Waals surface area (Å²) in [4.78, 5) is 14.2. The first-order valence-corrected chi connectivity index (χ1v) is 10.6. The zero-order valence-corrected chi connectivity index (χ0v) is 17.6. The largest absolute Gasteiger partial charge is 0.494 e. The molecule has 0 aromatic heterocycles. The second kappa shape index (κ2) is 10.6. The third-order valence-corrected chi connectivity index (χ3v) is 5.65. The summed E-state index contributed by atoms with van der Waals surface area (Å²) in [5.74, 6) is 0.849. The molecule has 3 N–H and O–H groups in total. The Balaban J connectivity index is 1.43. The van der Waals surface area contributed by atoms with Gasteiger partial charge < -0.3 is 25.2 Å². The average molecular weight is 413 g/mol. The highest BCUT2D eigenvalue weighted by Crippen LogP contribution is 2.23. The summed E-state index contributed by atoms with van der Waals surface area (Å²) in [6.45, 7) is 4.05. The molecule has 2 aromatic carbocycles. The van der Waals surface area contributed by atoms with Crippen molar-refractivity contribution in [1.29, 1.82) is 0 Å². The number of aryl methyl sites for hydroxylation is 1. The Bertz CT molecular complexity index is 797. The molecule has 1 fully saturated rings. The summed E-state index contributed by atoms with van der Waals surface area (Å²) in [5, 5.41) is 24.6. The molecule has 1 aliphatic heterocycles. The average Bonchev–Trinajstić information content (AvgIpc) is 2.76. The van der Waals surface area contributed by atoms with E-state index in [2.05, 4.69) is 5.32 Å². The Labute approximate surface area is 178 Å². The molecular weight excluding hydrogens is 380 g/mol. The minimum absolute atomic E-state index is 0.0160. The van der Waals surface area contributed by atoms with E-state index in [0.29, 0.717) is 39.0 Å². The van der Waals surface area contributed by atoms with Gasteiger partial charge in [-0.05, 0) is 43.0 Å². The number of carbonyl (C=O) groups is 1. The van der Waals surface area contributed by atoms with Crippen molar-refractivity contribution in [3.05, 3.63) is 65.7 Å². The quantitative estimate of drug-likeness (QED) is 0.588. The Hall–Kier alpha value is -2.41. The molecule has 1 aliphatic rings. The molecule has 2 aromatic rings. The lowest BCUT2D eigenvalue weighted by molar-refractivity contribution is -0.148. The van der Waals surface area contributed by atoms with Crippen LogP contribution in [0.4, 0.5) is 0 Å². The number of ether oxygens (including phenoxy) is 1. The summed E-state index contributed by atoms with van der Waals surface area (Å²) < 4.78 is 5.44.